The van der Waals surface area contributed by atoms with Gasteiger partial charge in [0, 0.05) is 6.42 Å². The van der Waals surface area contributed by atoms with E-state index in [1.54, 1.807) is 24.3 Å². The highest BCUT2D eigenvalue weighted by atomic mass is 31.2. The van der Waals surface area contributed by atoms with Crippen molar-refractivity contribution >= 4 is 13.6 Å². The first-order valence-corrected chi connectivity index (χ1v) is 10.1. The van der Waals surface area contributed by atoms with Gasteiger partial charge in [-0.05, 0) is 36.4 Å². The van der Waals surface area contributed by atoms with E-state index in [4.69, 9.17) is 10.3 Å². The summed E-state index contributed by atoms with van der Waals surface area (Å²) in [6, 6.07) is 18.6. The van der Waals surface area contributed by atoms with Crippen LogP contribution in [0.25, 0.3) is 0 Å². The SMILES string of the molecule is NCCC(CCC(=O)OP(=O)(O)Cc1ccccc1)c1ccccc1. The van der Waals surface area contributed by atoms with Gasteiger partial charge in [-0.25, -0.2) is 4.57 Å². The van der Waals surface area contributed by atoms with E-state index in [9.17, 15) is 14.3 Å². The van der Waals surface area contributed by atoms with Crippen LogP contribution in [-0.2, 0) is 20.0 Å². The molecule has 0 heterocycles. The molecular weight excluding hydrogens is 337 g/mol. The molecule has 2 aromatic carbocycles. The number of rotatable bonds is 9. The molecule has 2 atom stereocenters. The van der Waals surface area contributed by atoms with E-state index < -0.39 is 13.6 Å². The van der Waals surface area contributed by atoms with Crippen molar-refractivity contribution in [1.29, 1.82) is 0 Å². The molecule has 0 amide bonds. The summed E-state index contributed by atoms with van der Waals surface area (Å²) in [4.78, 5) is 21.9. The molecule has 0 saturated carbocycles. The maximum atomic E-state index is 12.1. The normalized spacial score (nSPS) is 14.5. The molecule has 5 nitrogen and oxygen atoms in total. The first-order chi connectivity index (χ1) is 12.0. The summed E-state index contributed by atoms with van der Waals surface area (Å²) in [6.07, 6.45) is 1.19. The van der Waals surface area contributed by atoms with E-state index in [1.807, 2.05) is 36.4 Å². The van der Waals surface area contributed by atoms with Crippen LogP contribution in [0.15, 0.2) is 60.7 Å². The van der Waals surface area contributed by atoms with Gasteiger partial charge >= 0.3 is 13.6 Å². The molecule has 134 valence electrons. The Morgan fingerprint density at radius 2 is 1.64 bits per heavy atom. The molecule has 0 fully saturated rings. The molecule has 6 heteroatoms. The van der Waals surface area contributed by atoms with Crippen molar-refractivity contribution in [3.05, 3.63) is 71.8 Å². The standard InChI is InChI=1S/C19H24NO4P/c20-14-13-18(17-9-5-2-6-10-17)11-12-19(21)24-25(22,23)15-16-7-3-1-4-8-16/h1-10,18H,11-15,20H2,(H,22,23). The van der Waals surface area contributed by atoms with Gasteiger partial charge in [-0.3, -0.25) is 4.79 Å². The molecule has 2 aromatic rings. The fourth-order valence-corrected chi connectivity index (χ4v) is 3.89. The van der Waals surface area contributed by atoms with Crippen molar-refractivity contribution in [3.8, 4) is 0 Å². The lowest BCUT2D eigenvalue weighted by atomic mass is 9.91. The van der Waals surface area contributed by atoms with Gasteiger partial charge in [0.2, 0.25) is 0 Å². The van der Waals surface area contributed by atoms with Crippen molar-refractivity contribution in [3.63, 3.8) is 0 Å². The smallest absolute Gasteiger partial charge is 0.383 e. The van der Waals surface area contributed by atoms with Gasteiger partial charge in [0.1, 0.15) is 0 Å². The van der Waals surface area contributed by atoms with Gasteiger partial charge in [-0.15, -0.1) is 0 Å². The number of hydrogen-bond donors (Lipinski definition) is 2. The molecule has 0 spiro atoms. The van der Waals surface area contributed by atoms with Crippen LogP contribution in [0.4, 0.5) is 0 Å². The van der Waals surface area contributed by atoms with Crippen LogP contribution in [0.2, 0.25) is 0 Å². The van der Waals surface area contributed by atoms with Gasteiger partial charge in [-0.2, -0.15) is 0 Å². The van der Waals surface area contributed by atoms with Crippen molar-refractivity contribution in [2.24, 2.45) is 5.73 Å². The lowest BCUT2D eigenvalue weighted by molar-refractivity contribution is -0.135. The Morgan fingerprint density at radius 3 is 2.24 bits per heavy atom. The minimum Gasteiger partial charge on any atom is -0.391 e. The fraction of sp³-hybridized carbons (Fsp3) is 0.316. The Bertz CT molecular complexity index is 706. The zero-order chi connectivity index (χ0) is 18.1. The van der Waals surface area contributed by atoms with E-state index in [2.05, 4.69) is 0 Å². The van der Waals surface area contributed by atoms with Crippen molar-refractivity contribution in [2.45, 2.75) is 31.3 Å². The second-order valence-electron chi connectivity index (χ2n) is 5.97. The molecule has 3 N–H and O–H groups in total. The van der Waals surface area contributed by atoms with Crippen LogP contribution in [0.5, 0.6) is 0 Å². The predicted octanol–water partition coefficient (Wildman–Crippen LogP) is 3.83. The monoisotopic (exact) mass is 361 g/mol. The molecule has 0 aliphatic carbocycles. The molecule has 0 bridgehead atoms. The summed E-state index contributed by atoms with van der Waals surface area (Å²) >= 11 is 0. The molecular formula is C19H24NO4P. The van der Waals surface area contributed by atoms with Crippen molar-refractivity contribution in [1.82, 2.24) is 0 Å². The topological polar surface area (TPSA) is 89.6 Å². The maximum Gasteiger partial charge on any atom is 0.383 e. The number of nitrogens with two attached hydrogens (primary N) is 1. The van der Waals surface area contributed by atoms with Gasteiger partial charge in [0.15, 0.2) is 0 Å². The largest absolute Gasteiger partial charge is 0.391 e. The minimum absolute atomic E-state index is 0.0822. The highest BCUT2D eigenvalue weighted by Gasteiger charge is 2.25. The molecule has 0 radical (unpaired) electrons. The molecule has 25 heavy (non-hydrogen) atoms. The number of benzene rings is 2. The zero-order valence-electron chi connectivity index (χ0n) is 14.1. The third kappa shape index (κ3) is 6.83. The summed E-state index contributed by atoms with van der Waals surface area (Å²) in [5, 5.41) is 0. The minimum atomic E-state index is -3.99. The average molecular weight is 361 g/mol. The van der Waals surface area contributed by atoms with Gasteiger partial charge in [0.25, 0.3) is 0 Å². The van der Waals surface area contributed by atoms with Crippen LogP contribution >= 0.6 is 7.60 Å². The Kier molecular flexibility index (Phi) is 7.38. The Hall–Kier alpha value is -1.94. The number of hydrogen-bond acceptors (Lipinski definition) is 4. The van der Waals surface area contributed by atoms with Crippen LogP contribution in [0.3, 0.4) is 0 Å². The molecule has 2 unspecified atom stereocenters. The highest BCUT2D eigenvalue weighted by molar-refractivity contribution is 7.52. The number of carbonyl (C=O) groups is 1. The fourth-order valence-electron chi connectivity index (χ4n) is 2.75. The Morgan fingerprint density at radius 1 is 1.04 bits per heavy atom. The van der Waals surface area contributed by atoms with E-state index in [1.165, 1.54) is 0 Å². The van der Waals surface area contributed by atoms with E-state index in [0.29, 0.717) is 18.5 Å². The zero-order valence-corrected chi connectivity index (χ0v) is 15.0. The maximum absolute atomic E-state index is 12.1. The first-order valence-electron chi connectivity index (χ1n) is 8.33. The first kappa shape index (κ1) is 19.4. The van der Waals surface area contributed by atoms with E-state index in [0.717, 1.165) is 12.0 Å². The van der Waals surface area contributed by atoms with Gasteiger partial charge in [-0.1, -0.05) is 60.7 Å². The summed E-state index contributed by atoms with van der Waals surface area (Å²) in [6.45, 7) is 0.515. The van der Waals surface area contributed by atoms with Gasteiger partial charge < -0.3 is 15.2 Å². The summed E-state index contributed by atoms with van der Waals surface area (Å²) in [7, 11) is -3.99. The third-order valence-electron chi connectivity index (χ3n) is 3.95. The van der Waals surface area contributed by atoms with E-state index in [-0.39, 0.29) is 18.5 Å². The summed E-state index contributed by atoms with van der Waals surface area (Å²) in [5.74, 6) is -0.523. The molecule has 0 aromatic heterocycles. The highest BCUT2D eigenvalue weighted by Crippen LogP contribution is 2.46. The summed E-state index contributed by atoms with van der Waals surface area (Å²) < 4.78 is 17.0. The number of carbonyl (C=O) groups excluding carboxylic acids is 1. The lowest BCUT2D eigenvalue weighted by Gasteiger charge is -2.17. The van der Waals surface area contributed by atoms with Crippen molar-refractivity contribution < 1.29 is 18.8 Å². The lowest BCUT2D eigenvalue weighted by Crippen LogP contribution is -2.11. The molecule has 0 aliphatic rings. The molecule has 0 saturated heterocycles. The third-order valence-corrected chi connectivity index (χ3v) is 5.21. The molecule has 2 rings (SSSR count). The Balaban J connectivity index is 1.89. The predicted molar refractivity (Wildman–Crippen MR) is 98.2 cm³/mol. The van der Waals surface area contributed by atoms with E-state index >= 15 is 0 Å². The van der Waals surface area contributed by atoms with Gasteiger partial charge in [0.05, 0.1) is 6.16 Å². The second kappa shape index (κ2) is 9.52. The second-order valence-corrected chi connectivity index (χ2v) is 7.74. The van der Waals surface area contributed by atoms with Crippen molar-refractivity contribution in [2.75, 3.05) is 6.54 Å². The van der Waals surface area contributed by atoms with Crippen LogP contribution in [0.1, 0.15) is 36.3 Å². The van der Waals surface area contributed by atoms with Crippen LogP contribution < -0.4 is 5.73 Å². The quantitative estimate of drug-likeness (QED) is 0.663. The van der Waals surface area contributed by atoms with Crippen LogP contribution in [-0.4, -0.2) is 17.4 Å². The molecule has 0 aliphatic heterocycles. The summed E-state index contributed by atoms with van der Waals surface area (Å²) in [5.41, 5.74) is 7.43. The Labute approximate surface area is 148 Å². The van der Waals surface area contributed by atoms with Crippen LogP contribution in [0, 0.1) is 0 Å². The average Bonchev–Trinajstić information content (AvgIpc) is 2.59.